The minimum Gasteiger partial charge on any atom is -0.337 e. The maximum Gasteiger partial charge on any atom is 0.318 e. The molecule has 0 aromatic carbocycles. The van der Waals surface area contributed by atoms with E-state index in [1.807, 2.05) is 54.2 Å². The predicted molar refractivity (Wildman–Crippen MR) is 101 cm³/mol. The number of hydrogen-bond acceptors (Lipinski definition) is 4. The molecular weight excluding hydrogens is 328 g/mol. The molecule has 1 aliphatic heterocycles. The lowest BCUT2D eigenvalue weighted by Gasteiger charge is -2.35. The highest BCUT2D eigenvalue weighted by atomic mass is 16.2. The van der Waals surface area contributed by atoms with Gasteiger partial charge in [-0.1, -0.05) is 13.0 Å². The van der Waals surface area contributed by atoms with Gasteiger partial charge < -0.3 is 14.8 Å². The molecule has 2 aromatic heterocycles. The molecule has 0 radical (unpaired) electrons. The fourth-order valence-electron chi connectivity index (χ4n) is 3.17. The number of amides is 2. The average molecular weight is 356 g/mol. The van der Waals surface area contributed by atoms with Crippen LogP contribution in [-0.2, 0) is 13.6 Å². The summed E-state index contributed by atoms with van der Waals surface area (Å²) in [5.74, 6) is 1.05. The fraction of sp³-hybridized carbons (Fsp3) is 0.526. The normalized spacial score (nSPS) is 16.5. The van der Waals surface area contributed by atoms with E-state index < -0.39 is 0 Å². The first-order valence-corrected chi connectivity index (χ1v) is 9.23. The molecule has 1 N–H and O–H groups in total. The standard InChI is InChI=1S/C19H28N6O/c1-4-16(17-6-5-15(2)13-21-17)22-19(26)25-11-9-24(10-12-25)14-18-20-7-8-23(18)3/h5-8,13,16H,4,9-12,14H2,1-3H3,(H,22,26)/t16-/m0/s1. The molecule has 1 saturated heterocycles. The van der Waals surface area contributed by atoms with Crippen molar-refractivity contribution in [3.05, 3.63) is 47.8 Å². The first-order chi connectivity index (χ1) is 12.6. The predicted octanol–water partition coefficient (Wildman–Crippen LogP) is 2.10. The van der Waals surface area contributed by atoms with Crippen LogP contribution in [0.15, 0.2) is 30.7 Å². The lowest BCUT2D eigenvalue weighted by molar-refractivity contribution is 0.130. The molecule has 2 amide bonds. The average Bonchev–Trinajstić information content (AvgIpc) is 3.05. The van der Waals surface area contributed by atoms with E-state index in [1.165, 1.54) is 0 Å². The molecule has 0 unspecified atom stereocenters. The second kappa shape index (κ2) is 8.31. The largest absolute Gasteiger partial charge is 0.337 e. The second-order valence-corrected chi connectivity index (χ2v) is 6.89. The van der Waals surface area contributed by atoms with Gasteiger partial charge >= 0.3 is 6.03 Å². The van der Waals surface area contributed by atoms with Crippen LogP contribution in [-0.4, -0.2) is 56.5 Å². The van der Waals surface area contributed by atoms with Gasteiger partial charge in [0.25, 0.3) is 0 Å². The summed E-state index contributed by atoms with van der Waals surface area (Å²) in [5.41, 5.74) is 2.04. The van der Waals surface area contributed by atoms with Crippen LogP contribution in [0.2, 0.25) is 0 Å². The molecule has 1 aliphatic rings. The first-order valence-electron chi connectivity index (χ1n) is 9.23. The highest BCUT2D eigenvalue weighted by Gasteiger charge is 2.24. The SMILES string of the molecule is CC[C@H](NC(=O)N1CCN(Cc2nccn2C)CC1)c1ccc(C)cn1. The van der Waals surface area contributed by atoms with Gasteiger partial charge in [0.2, 0.25) is 0 Å². The maximum atomic E-state index is 12.6. The van der Waals surface area contributed by atoms with Crippen molar-refractivity contribution in [1.29, 1.82) is 0 Å². The van der Waals surface area contributed by atoms with Crippen LogP contribution < -0.4 is 5.32 Å². The van der Waals surface area contributed by atoms with Gasteiger partial charge in [0.15, 0.2) is 0 Å². The van der Waals surface area contributed by atoms with Crippen molar-refractivity contribution in [3.63, 3.8) is 0 Å². The number of imidazole rings is 1. The molecule has 0 aliphatic carbocycles. The monoisotopic (exact) mass is 356 g/mol. The zero-order valence-electron chi connectivity index (χ0n) is 15.9. The quantitative estimate of drug-likeness (QED) is 0.891. The van der Waals surface area contributed by atoms with Gasteiger partial charge in [0, 0.05) is 51.8 Å². The molecule has 2 aromatic rings. The van der Waals surface area contributed by atoms with E-state index in [0.717, 1.165) is 56.2 Å². The number of pyridine rings is 1. The lowest BCUT2D eigenvalue weighted by Crippen LogP contribution is -2.52. The Kier molecular flexibility index (Phi) is 5.88. The van der Waals surface area contributed by atoms with Gasteiger partial charge in [-0.3, -0.25) is 9.88 Å². The Morgan fingerprint density at radius 2 is 2.00 bits per heavy atom. The summed E-state index contributed by atoms with van der Waals surface area (Å²) in [6, 6.07) is 3.98. The zero-order valence-corrected chi connectivity index (χ0v) is 15.9. The van der Waals surface area contributed by atoms with Crippen LogP contribution in [0.1, 0.15) is 36.5 Å². The van der Waals surface area contributed by atoms with Crippen LogP contribution in [0.25, 0.3) is 0 Å². The minimum atomic E-state index is -0.0475. The summed E-state index contributed by atoms with van der Waals surface area (Å²) in [4.78, 5) is 25.7. The molecule has 0 saturated carbocycles. The van der Waals surface area contributed by atoms with Crippen molar-refractivity contribution < 1.29 is 4.79 Å². The molecule has 3 heterocycles. The zero-order chi connectivity index (χ0) is 18.5. The topological polar surface area (TPSA) is 66.3 Å². The van der Waals surface area contributed by atoms with Crippen LogP contribution >= 0.6 is 0 Å². The smallest absolute Gasteiger partial charge is 0.318 e. The fourth-order valence-corrected chi connectivity index (χ4v) is 3.17. The van der Waals surface area contributed by atoms with E-state index in [1.54, 1.807) is 0 Å². The van der Waals surface area contributed by atoms with Gasteiger partial charge in [-0.25, -0.2) is 9.78 Å². The van der Waals surface area contributed by atoms with Crippen molar-refractivity contribution in [2.75, 3.05) is 26.2 Å². The van der Waals surface area contributed by atoms with Crippen molar-refractivity contribution in [1.82, 2.24) is 29.7 Å². The molecule has 140 valence electrons. The van der Waals surface area contributed by atoms with Gasteiger partial charge in [0.05, 0.1) is 18.3 Å². The number of carbonyl (C=O) groups is 1. The number of hydrogen-bond donors (Lipinski definition) is 1. The Bertz CT molecular complexity index is 718. The van der Waals surface area contributed by atoms with E-state index in [0.29, 0.717) is 0 Å². The Hall–Kier alpha value is -2.41. The maximum absolute atomic E-state index is 12.6. The van der Waals surface area contributed by atoms with Crippen LogP contribution in [0, 0.1) is 6.92 Å². The highest BCUT2D eigenvalue weighted by Crippen LogP contribution is 2.15. The number of nitrogens with one attached hydrogen (secondary N) is 1. The number of carbonyl (C=O) groups excluding carboxylic acids is 1. The summed E-state index contributed by atoms with van der Waals surface area (Å²) in [6.07, 6.45) is 6.45. The first kappa shape index (κ1) is 18.4. The summed E-state index contributed by atoms with van der Waals surface area (Å²) in [5, 5.41) is 3.13. The molecule has 1 fully saturated rings. The minimum absolute atomic E-state index is 0.00383. The van der Waals surface area contributed by atoms with Crippen LogP contribution in [0.3, 0.4) is 0 Å². The van der Waals surface area contributed by atoms with Crippen LogP contribution in [0.4, 0.5) is 4.79 Å². The summed E-state index contributed by atoms with van der Waals surface area (Å²) >= 11 is 0. The van der Waals surface area contributed by atoms with E-state index in [4.69, 9.17) is 0 Å². The third-order valence-electron chi connectivity index (χ3n) is 4.94. The van der Waals surface area contributed by atoms with Crippen molar-refractivity contribution >= 4 is 6.03 Å². The number of nitrogens with zero attached hydrogens (tertiary/aromatic N) is 5. The van der Waals surface area contributed by atoms with E-state index in [2.05, 4.69) is 27.1 Å². The van der Waals surface area contributed by atoms with E-state index in [9.17, 15) is 4.79 Å². The molecule has 1 atom stereocenters. The third kappa shape index (κ3) is 4.40. The van der Waals surface area contributed by atoms with Gasteiger partial charge in [0.1, 0.15) is 5.82 Å². The molecule has 26 heavy (non-hydrogen) atoms. The highest BCUT2D eigenvalue weighted by molar-refractivity contribution is 5.74. The summed E-state index contributed by atoms with van der Waals surface area (Å²) in [7, 11) is 2.01. The van der Waals surface area contributed by atoms with Gasteiger partial charge in [-0.2, -0.15) is 0 Å². The number of piperazine rings is 1. The van der Waals surface area contributed by atoms with Gasteiger partial charge in [-0.15, -0.1) is 0 Å². The summed E-state index contributed by atoms with van der Waals surface area (Å²) in [6.45, 7) is 8.09. The molecule has 0 bridgehead atoms. The Morgan fingerprint density at radius 1 is 1.23 bits per heavy atom. The number of rotatable bonds is 5. The van der Waals surface area contributed by atoms with Gasteiger partial charge in [-0.05, 0) is 25.0 Å². The Balaban J connectivity index is 1.51. The number of aromatic nitrogens is 3. The third-order valence-corrected chi connectivity index (χ3v) is 4.94. The molecule has 7 nitrogen and oxygen atoms in total. The van der Waals surface area contributed by atoms with Crippen molar-refractivity contribution in [2.24, 2.45) is 7.05 Å². The van der Waals surface area contributed by atoms with E-state index >= 15 is 0 Å². The second-order valence-electron chi connectivity index (χ2n) is 6.89. The lowest BCUT2D eigenvalue weighted by atomic mass is 10.1. The summed E-state index contributed by atoms with van der Waals surface area (Å²) < 4.78 is 2.04. The van der Waals surface area contributed by atoms with Crippen molar-refractivity contribution in [3.8, 4) is 0 Å². The molecule has 3 rings (SSSR count). The van der Waals surface area contributed by atoms with E-state index in [-0.39, 0.29) is 12.1 Å². The Morgan fingerprint density at radius 3 is 2.58 bits per heavy atom. The van der Waals surface area contributed by atoms with Crippen molar-refractivity contribution in [2.45, 2.75) is 32.9 Å². The molecule has 0 spiro atoms. The van der Waals surface area contributed by atoms with Crippen LogP contribution in [0.5, 0.6) is 0 Å². The number of aryl methyl sites for hydroxylation is 2. The Labute approximate surface area is 155 Å². The molecule has 7 heteroatoms. The molecular formula is C19H28N6O. The number of urea groups is 1.